The van der Waals surface area contributed by atoms with Gasteiger partial charge in [-0.25, -0.2) is 9.97 Å². The Hall–Kier alpha value is -2.76. The van der Waals surface area contributed by atoms with Gasteiger partial charge in [0.1, 0.15) is 0 Å². The van der Waals surface area contributed by atoms with Gasteiger partial charge in [0.05, 0.1) is 6.42 Å². The fraction of sp³-hybridized carbons (Fsp3) is 0.333. The van der Waals surface area contributed by atoms with Crippen LogP contribution < -0.4 is 5.32 Å². The molecule has 1 aromatic carbocycles. The van der Waals surface area contributed by atoms with E-state index in [0.717, 1.165) is 19.3 Å². The number of carbonyl (C=O) groups is 2. The molecule has 124 valence electrons. The van der Waals surface area contributed by atoms with Gasteiger partial charge in [-0.3, -0.25) is 9.59 Å². The number of hydrogen-bond acceptors (Lipinski definition) is 6. The molecule has 1 N–H and O–H groups in total. The molecule has 1 heterocycles. The summed E-state index contributed by atoms with van der Waals surface area (Å²) in [6.07, 6.45) is 6.61. The molecule has 0 atom stereocenters. The zero-order valence-corrected chi connectivity index (χ0v) is 13.3. The van der Waals surface area contributed by atoms with Gasteiger partial charge in [0.25, 0.3) is 0 Å². The molecule has 0 unspecified atom stereocenters. The Morgan fingerprint density at radius 1 is 1.12 bits per heavy atom. The molecule has 1 aliphatic rings. The number of nitrogens with zero attached hydrogens (tertiary/aromatic N) is 2. The summed E-state index contributed by atoms with van der Waals surface area (Å²) in [5.41, 5.74) is 3.16. The molecule has 0 spiro atoms. The summed E-state index contributed by atoms with van der Waals surface area (Å²) >= 11 is 0. The van der Waals surface area contributed by atoms with Crippen molar-refractivity contribution in [3.63, 3.8) is 0 Å². The fourth-order valence-corrected chi connectivity index (χ4v) is 2.71. The van der Waals surface area contributed by atoms with E-state index in [1.54, 1.807) is 18.5 Å². The Labute approximate surface area is 140 Å². The monoisotopic (exact) mass is 325 g/mol. The van der Waals surface area contributed by atoms with Crippen LogP contribution in [0.2, 0.25) is 0 Å². The molecule has 3 rings (SSSR count). The molecule has 0 saturated heterocycles. The Balaban J connectivity index is 1.41. The summed E-state index contributed by atoms with van der Waals surface area (Å²) in [5, 5.41) is 2.92. The van der Waals surface area contributed by atoms with Gasteiger partial charge in [0.2, 0.25) is 5.95 Å². The topological polar surface area (TPSA) is 81.2 Å². The van der Waals surface area contributed by atoms with E-state index in [2.05, 4.69) is 15.3 Å². The van der Waals surface area contributed by atoms with Crippen molar-refractivity contribution in [2.45, 2.75) is 25.7 Å². The van der Waals surface area contributed by atoms with Gasteiger partial charge >= 0.3 is 5.97 Å². The second-order valence-electron chi connectivity index (χ2n) is 5.67. The van der Waals surface area contributed by atoms with Crippen molar-refractivity contribution >= 4 is 17.7 Å². The summed E-state index contributed by atoms with van der Waals surface area (Å²) in [5.74, 6) is -0.134. The summed E-state index contributed by atoms with van der Waals surface area (Å²) in [4.78, 5) is 31.8. The van der Waals surface area contributed by atoms with E-state index in [0.29, 0.717) is 18.1 Å². The molecule has 0 aliphatic heterocycles. The molecule has 1 aliphatic carbocycles. The summed E-state index contributed by atoms with van der Waals surface area (Å²) in [6, 6.07) is 7.45. The second-order valence-corrected chi connectivity index (χ2v) is 5.67. The molecular weight excluding hydrogens is 306 g/mol. The maximum absolute atomic E-state index is 12.1. The first-order valence-electron chi connectivity index (χ1n) is 8.04. The molecule has 0 radical (unpaired) electrons. The SMILES string of the molecule is O=C(CCNc1ncccn1)OCC(=O)c1ccc2c(c1)CCC2. The molecule has 24 heavy (non-hydrogen) atoms. The average molecular weight is 325 g/mol. The van der Waals surface area contributed by atoms with E-state index >= 15 is 0 Å². The number of rotatable bonds is 7. The Morgan fingerprint density at radius 2 is 1.92 bits per heavy atom. The van der Waals surface area contributed by atoms with Crippen LogP contribution in [0.5, 0.6) is 0 Å². The fourth-order valence-electron chi connectivity index (χ4n) is 2.71. The summed E-state index contributed by atoms with van der Waals surface area (Å²) < 4.78 is 5.05. The van der Waals surface area contributed by atoms with Crippen LogP contribution >= 0.6 is 0 Å². The van der Waals surface area contributed by atoms with Crippen LogP contribution in [0.25, 0.3) is 0 Å². The van der Waals surface area contributed by atoms with Gasteiger partial charge in [0, 0.05) is 24.5 Å². The number of hydrogen-bond donors (Lipinski definition) is 1. The number of benzene rings is 1. The Bertz CT molecular complexity index is 732. The third-order valence-corrected chi connectivity index (χ3v) is 3.96. The lowest BCUT2D eigenvalue weighted by molar-refractivity contribution is -0.142. The lowest BCUT2D eigenvalue weighted by atomic mass is 10.0. The standard InChI is InChI=1S/C18H19N3O3/c22-16(15-6-5-13-3-1-4-14(13)11-15)12-24-17(23)7-10-21-18-19-8-2-9-20-18/h2,5-6,8-9,11H,1,3-4,7,10,12H2,(H,19,20,21). The normalized spacial score (nSPS) is 12.5. The van der Waals surface area contributed by atoms with Gasteiger partial charge in [-0.15, -0.1) is 0 Å². The number of aromatic nitrogens is 2. The first-order valence-corrected chi connectivity index (χ1v) is 8.04. The van der Waals surface area contributed by atoms with E-state index in [-0.39, 0.29) is 18.8 Å². The molecular formula is C18H19N3O3. The number of nitrogens with one attached hydrogen (secondary N) is 1. The third-order valence-electron chi connectivity index (χ3n) is 3.96. The van der Waals surface area contributed by atoms with Crippen molar-refractivity contribution in [2.24, 2.45) is 0 Å². The Morgan fingerprint density at radius 3 is 2.75 bits per heavy atom. The van der Waals surface area contributed by atoms with E-state index in [1.807, 2.05) is 18.2 Å². The zero-order chi connectivity index (χ0) is 16.8. The minimum absolute atomic E-state index is 0.149. The molecule has 2 aromatic rings. The predicted molar refractivity (Wildman–Crippen MR) is 88.9 cm³/mol. The van der Waals surface area contributed by atoms with E-state index in [1.165, 1.54) is 11.1 Å². The highest BCUT2D eigenvalue weighted by molar-refractivity contribution is 5.98. The van der Waals surface area contributed by atoms with Gasteiger partial charge < -0.3 is 10.1 Å². The predicted octanol–water partition coefficient (Wildman–Crippen LogP) is 2.19. The van der Waals surface area contributed by atoms with Crippen molar-refractivity contribution in [1.29, 1.82) is 0 Å². The number of ether oxygens (including phenoxy) is 1. The van der Waals surface area contributed by atoms with Crippen LogP contribution in [0.15, 0.2) is 36.7 Å². The number of aryl methyl sites for hydroxylation is 2. The largest absolute Gasteiger partial charge is 0.457 e. The highest BCUT2D eigenvalue weighted by atomic mass is 16.5. The molecule has 0 saturated carbocycles. The minimum Gasteiger partial charge on any atom is -0.457 e. The molecule has 0 amide bonds. The first kappa shape index (κ1) is 16.1. The number of Topliss-reactive ketones (excluding diaryl/α,β-unsaturated/α-hetero) is 1. The number of fused-ring (bicyclic) bond motifs is 1. The van der Waals surface area contributed by atoms with Crippen LogP contribution in [0.4, 0.5) is 5.95 Å². The highest BCUT2D eigenvalue weighted by Crippen LogP contribution is 2.23. The van der Waals surface area contributed by atoms with Gasteiger partial charge in [-0.2, -0.15) is 0 Å². The van der Waals surface area contributed by atoms with Gasteiger partial charge in [-0.05, 0) is 42.5 Å². The third kappa shape index (κ3) is 4.16. The van der Waals surface area contributed by atoms with Crippen molar-refractivity contribution in [2.75, 3.05) is 18.5 Å². The van der Waals surface area contributed by atoms with E-state index in [9.17, 15) is 9.59 Å². The van der Waals surface area contributed by atoms with Crippen LogP contribution in [0.1, 0.15) is 34.3 Å². The van der Waals surface area contributed by atoms with Gasteiger partial charge in [0.15, 0.2) is 12.4 Å². The molecule has 6 heteroatoms. The summed E-state index contributed by atoms with van der Waals surface area (Å²) in [6.45, 7) is 0.134. The maximum Gasteiger partial charge on any atom is 0.308 e. The van der Waals surface area contributed by atoms with E-state index in [4.69, 9.17) is 4.74 Å². The van der Waals surface area contributed by atoms with Crippen LogP contribution in [0.3, 0.4) is 0 Å². The molecule has 1 aromatic heterocycles. The molecule has 0 bridgehead atoms. The molecule has 0 fully saturated rings. The van der Waals surface area contributed by atoms with Gasteiger partial charge in [-0.1, -0.05) is 12.1 Å². The quantitative estimate of drug-likeness (QED) is 0.621. The van der Waals surface area contributed by atoms with E-state index < -0.39 is 5.97 Å². The maximum atomic E-state index is 12.1. The Kier molecular flexibility index (Phi) is 5.15. The van der Waals surface area contributed by atoms with Crippen molar-refractivity contribution in [1.82, 2.24) is 9.97 Å². The van der Waals surface area contributed by atoms with Crippen LogP contribution in [-0.2, 0) is 22.4 Å². The lowest BCUT2D eigenvalue weighted by Gasteiger charge is -2.07. The first-order chi connectivity index (χ1) is 11.7. The van der Waals surface area contributed by atoms with Crippen molar-refractivity contribution in [3.8, 4) is 0 Å². The number of esters is 1. The number of carbonyl (C=O) groups excluding carboxylic acids is 2. The van der Waals surface area contributed by atoms with Crippen molar-refractivity contribution in [3.05, 3.63) is 53.3 Å². The number of ketones is 1. The van der Waals surface area contributed by atoms with Crippen LogP contribution in [0, 0.1) is 0 Å². The zero-order valence-electron chi connectivity index (χ0n) is 13.3. The second kappa shape index (κ2) is 7.68. The lowest BCUT2D eigenvalue weighted by Crippen LogP contribution is -2.17. The van der Waals surface area contributed by atoms with Crippen LogP contribution in [-0.4, -0.2) is 34.9 Å². The molecule has 6 nitrogen and oxygen atoms in total. The minimum atomic E-state index is -0.423. The highest BCUT2D eigenvalue weighted by Gasteiger charge is 2.15. The smallest absolute Gasteiger partial charge is 0.308 e. The van der Waals surface area contributed by atoms with Crippen molar-refractivity contribution < 1.29 is 14.3 Å². The summed E-state index contributed by atoms with van der Waals surface area (Å²) in [7, 11) is 0. The average Bonchev–Trinajstić information content (AvgIpc) is 3.08. The number of anilines is 1.